The summed E-state index contributed by atoms with van der Waals surface area (Å²) in [5, 5.41) is 21.2. The Hall–Kier alpha value is -1.87. The van der Waals surface area contributed by atoms with E-state index < -0.39 is 4.94 Å². The molecule has 0 fully saturated rings. The maximum Gasteiger partial charge on any atom is 0.396 e. The number of aromatic hydroxyl groups is 1. The molecule has 0 aliphatic rings. The van der Waals surface area contributed by atoms with Gasteiger partial charge in [0.25, 0.3) is 0 Å². The van der Waals surface area contributed by atoms with Gasteiger partial charge in [0, 0.05) is 13.1 Å². The van der Waals surface area contributed by atoms with Gasteiger partial charge in [0.1, 0.15) is 5.75 Å². The lowest BCUT2D eigenvalue weighted by atomic mass is 10.3. The van der Waals surface area contributed by atoms with Crippen LogP contribution in [0.15, 0.2) is 31.4 Å². The molecule has 3 rings (SSSR count). The van der Waals surface area contributed by atoms with E-state index in [-0.39, 0.29) is 5.75 Å². The molecule has 1 N–H and O–H groups in total. The van der Waals surface area contributed by atoms with Gasteiger partial charge in [-0.25, -0.2) is 9.48 Å². The molecule has 18 heavy (non-hydrogen) atoms. The molecule has 0 amide bonds. The number of fused-ring (bicyclic) bond motifs is 1. The van der Waals surface area contributed by atoms with Crippen molar-refractivity contribution in [3.05, 3.63) is 21.9 Å². The number of aromatic nitrogens is 4. The van der Waals surface area contributed by atoms with E-state index in [4.69, 9.17) is 4.42 Å². The molecule has 92 valence electrons. The zero-order valence-corrected chi connectivity index (χ0v) is 10.7. The van der Waals surface area contributed by atoms with Gasteiger partial charge in [-0.05, 0) is 28.3 Å². The van der Waals surface area contributed by atoms with Crippen LogP contribution in [0.4, 0.5) is 0 Å². The number of nitrogens with zero attached hydrogens (tertiary/aromatic N) is 4. The monoisotopic (exact) mass is 282 g/mol. The van der Waals surface area contributed by atoms with Crippen molar-refractivity contribution in [1.29, 1.82) is 0 Å². The van der Waals surface area contributed by atoms with Crippen molar-refractivity contribution in [1.82, 2.24) is 20.2 Å². The Balaban J connectivity index is 2.16. The molecule has 0 radical (unpaired) electrons. The highest BCUT2D eigenvalue weighted by Gasteiger charge is 2.14. The van der Waals surface area contributed by atoms with Gasteiger partial charge < -0.3 is 9.52 Å². The van der Waals surface area contributed by atoms with Gasteiger partial charge in [-0.15, -0.1) is 5.10 Å². The summed E-state index contributed by atoms with van der Waals surface area (Å²) in [6, 6.07) is 3.00. The van der Waals surface area contributed by atoms with E-state index in [0.717, 1.165) is 11.3 Å². The standard InChI is InChI=1S/C9H6N4O3S2/c1-13-8(10-11-12-13)17-5-2-4(14)3-6-7(5)16-9(15)18-6/h2-3,14H,1H3. The molecule has 0 unspecified atom stereocenters. The molecule has 0 atom stereocenters. The lowest BCUT2D eigenvalue weighted by Crippen LogP contribution is -1.92. The molecule has 0 aliphatic carbocycles. The molecule has 2 aromatic heterocycles. The lowest BCUT2D eigenvalue weighted by Gasteiger charge is -2.00. The summed E-state index contributed by atoms with van der Waals surface area (Å²) in [4.78, 5) is 11.4. The quantitative estimate of drug-likeness (QED) is 0.755. The predicted molar refractivity (Wildman–Crippen MR) is 64.9 cm³/mol. The van der Waals surface area contributed by atoms with Gasteiger partial charge in [-0.3, -0.25) is 0 Å². The van der Waals surface area contributed by atoms with Crippen LogP contribution in [0, 0.1) is 0 Å². The van der Waals surface area contributed by atoms with E-state index in [0.29, 0.717) is 20.3 Å². The summed E-state index contributed by atoms with van der Waals surface area (Å²) in [5.41, 5.74) is 0.441. The summed E-state index contributed by atoms with van der Waals surface area (Å²) >= 11 is 2.16. The molecule has 1 aromatic carbocycles. The lowest BCUT2D eigenvalue weighted by molar-refractivity contribution is 0.474. The molecule has 0 saturated heterocycles. The van der Waals surface area contributed by atoms with E-state index >= 15 is 0 Å². The predicted octanol–water partition coefficient (Wildman–Crippen LogP) is 1.23. The van der Waals surface area contributed by atoms with Crippen molar-refractivity contribution >= 4 is 33.4 Å². The minimum absolute atomic E-state index is 0.0668. The summed E-state index contributed by atoms with van der Waals surface area (Å²) in [7, 11) is 1.70. The summed E-state index contributed by atoms with van der Waals surface area (Å²) in [5.74, 6) is 0.0668. The number of hydrogen-bond donors (Lipinski definition) is 1. The highest BCUT2D eigenvalue weighted by atomic mass is 32.2. The Morgan fingerprint density at radius 1 is 1.50 bits per heavy atom. The first-order valence-electron chi connectivity index (χ1n) is 4.80. The number of hydrogen-bond acceptors (Lipinski definition) is 8. The molecular weight excluding hydrogens is 276 g/mol. The maximum absolute atomic E-state index is 11.2. The summed E-state index contributed by atoms with van der Waals surface area (Å²) in [6.45, 7) is 0. The van der Waals surface area contributed by atoms with E-state index in [1.54, 1.807) is 7.05 Å². The first-order valence-corrected chi connectivity index (χ1v) is 6.43. The second-order valence-corrected chi connectivity index (χ2v) is 5.40. The van der Waals surface area contributed by atoms with Crippen molar-refractivity contribution in [2.45, 2.75) is 10.1 Å². The Morgan fingerprint density at radius 2 is 2.33 bits per heavy atom. The first-order chi connectivity index (χ1) is 8.63. The highest BCUT2D eigenvalue weighted by molar-refractivity contribution is 7.99. The topological polar surface area (TPSA) is 94.0 Å². The third-order valence-corrected chi connectivity index (χ3v) is 3.99. The average Bonchev–Trinajstić information content (AvgIpc) is 2.85. The van der Waals surface area contributed by atoms with Crippen molar-refractivity contribution in [3.8, 4) is 5.75 Å². The van der Waals surface area contributed by atoms with E-state index in [2.05, 4.69) is 15.5 Å². The van der Waals surface area contributed by atoms with Crippen molar-refractivity contribution in [2.75, 3.05) is 0 Å². The largest absolute Gasteiger partial charge is 0.508 e. The van der Waals surface area contributed by atoms with Crippen LogP contribution in [-0.2, 0) is 7.05 Å². The number of rotatable bonds is 2. The van der Waals surface area contributed by atoms with Crippen molar-refractivity contribution in [2.24, 2.45) is 7.05 Å². The molecule has 0 spiro atoms. The fourth-order valence-electron chi connectivity index (χ4n) is 1.42. The second-order valence-electron chi connectivity index (χ2n) is 3.41. The third-order valence-electron chi connectivity index (χ3n) is 2.17. The third kappa shape index (κ3) is 1.87. The van der Waals surface area contributed by atoms with Gasteiger partial charge in [0.15, 0.2) is 5.58 Å². The zero-order chi connectivity index (χ0) is 12.7. The molecular formula is C9H6N4O3S2. The van der Waals surface area contributed by atoms with Crippen LogP contribution in [0.1, 0.15) is 0 Å². The fourth-order valence-corrected chi connectivity index (χ4v) is 3.07. The number of phenols is 1. The Labute approximate surface area is 108 Å². The second kappa shape index (κ2) is 4.10. The van der Waals surface area contributed by atoms with E-state index in [1.165, 1.54) is 28.6 Å². The van der Waals surface area contributed by atoms with E-state index in [1.807, 2.05) is 0 Å². The van der Waals surface area contributed by atoms with Gasteiger partial charge in [-0.1, -0.05) is 11.3 Å². The molecule has 0 aliphatic heterocycles. The first kappa shape index (κ1) is 11.2. The van der Waals surface area contributed by atoms with Crippen LogP contribution in [0.2, 0.25) is 0 Å². The Kier molecular flexibility index (Phi) is 2.56. The summed E-state index contributed by atoms with van der Waals surface area (Å²) in [6.07, 6.45) is 0. The molecule has 0 bridgehead atoms. The fraction of sp³-hybridized carbons (Fsp3) is 0.111. The summed E-state index contributed by atoms with van der Waals surface area (Å²) < 4.78 is 7.18. The molecule has 7 nitrogen and oxygen atoms in total. The van der Waals surface area contributed by atoms with Gasteiger partial charge in [0.2, 0.25) is 5.16 Å². The smallest absolute Gasteiger partial charge is 0.396 e. The number of tetrazole rings is 1. The van der Waals surface area contributed by atoms with Gasteiger partial charge in [0.05, 0.1) is 9.60 Å². The van der Waals surface area contributed by atoms with Crippen LogP contribution in [-0.4, -0.2) is 25.3 Å². The van der Waals surface area contributed by atoms with Crippen molar-refractivity contribution in [3.63, 3.8) is 0 Å². The number of aryl methyl sites for hydroxylation is 1. The minimum Gasteiger partial charge on any atom is -0.508 e. The molecule has 3 aromatic rings. The SMILES string of the molecule is Cn1nnnc1Sc1cc(O)cc2sc(=O)oc12. The Bertz CT molecular complexity index is 776. The number of benzene rings is 1. The molecule has 2 heterocycles. The highest BCUT2D eigenvalue weighted by Crippen LogP contribution is 2.35. The van der Waals surface area contributed by atoms with Crippen molar-refractivity contribution < 1.29 is 9.52 Å². The zero-order valence-electron chi connectivity index (χ0n) is 9.02. The number of phenolic OH excluding ortho intramolecular Hbond substituents is 1. The van der Waals surface area contributed by atoms with Crippen LogP contribution in [0.25, 0.3) is 10.3 Å². The van der Waals surface area contributed by atoms with Gasteiger partial charge in [-0.2, -0.15) is 0 Å². The Morgan fingerprint density at radius 3 is 3.06 bits per heavy atom. The normalized spacial score (nSPS) is 11.2. The van der Waals surface area contributed by atoms with Crippen LogP contribution >= 0.6 is 23.1 Å². The minimum atomic E-state index is -0.409. The van der Waals surface area contributed by atoms with Crippen LogP contribution in [0.3, 0.4) is 0 Å². The molecule has 0 saturated carbocycles. The van der Waals surface area contributed by atoms with Crippen LogP contribution in [0.5, 0.6) is 5.75 Å². The van der Waals surface area contributed by atoms with E-state index in [9.17, 15) is 9.90 Å². The van der Waals surface area contributed by atoms with Gasteiger partial charge >= 0.3 is 4.94 Å². The van der Waals surface area contributed by atoms with Crippen LogP contribution < -0.4 is 4.94 Å². The maximum atomic E-state index is 11.2. The average molecular weight is 282 g/mol. The molecule has 9 heteroatoms.